The topological polar surface area (TPSA) is 64.6 Å². The molecule has 0 fully saturated rings. The smallest absolute Gasteiger partial charge is 0.165 e. The Morgan fingerprint density at radius 3 is 2.32 bits per heavy atom. The van der Waals surface area contributed by atoms with Crippen LogP contribution in [0.15, 0.2) is 71.6 Å². The first kappa shape index (κ1) is 25.3. The number of ether oxygens (including phenoxy) is 2. The third-order valence-electron chi connectivity index (χ3n) is 7.22. The van der Waals surface area contributed by atoms with E-state index in [-0.39, 0.29) is 11.6 Å². The van der Waals surface area contributed by atoms with Crippen molar-refractivity contribution in [2.24, 2.45) is 0 Å². The van der Waals surface area contributed by atoms with Gasteiger partial charge >= 0.3 is 0 Å². The maximum absolute atomic E-state index is 13.3. The Balaban J connectivity index is 1.62. The maximum atomic E-state index is 13.3. The van der Waals surface area contributed by atoms with Crippen LogP contribution in [0.25, 0.3) is 0 Å². The number of dihydropyridines is 1. The fourth-order valence-electron chi connectivity index (χ4n) is 5.68. The number of nitrogens with one attached hydrogen (secondary N) is 1. The summed E-state index contributed by atoms with van der Waals surface area (Å²) in [5.74, 6) is 1.10. The lowest BCUT2D eigenvalue weighted by Crippen LogP contribution is -2.36. The number of benzene rings is 2. The van der Waals surface area contributed by atoms with Crippen LogP contribution < -0.4 is 14.8 Å². The summed E-state index contributed by atoms with van der Waals surface area (Å²) in [4.78, 5) is 26.5. The van der Waals surface area contributed by atoms with E-state index >= 15 is 0 Å². The molecule has 1 heterocycles. The number of rotatable bonds is 8. The minimum atomic E-state index is -0.392. The molecule has 0 bridgehead atoms. The number of carbonyl (C=O) groups excluding carboxylic acids is 2. The first-order chi connectivity index (χ1) is 18.0. The van der Waals surface area contributed by atoms with Gasteiger partial charge in [0.2, 0.25) is 0 Å². The monoisotopic (exact) mass is 517 g/mol. The lowest BCUT2D eigenvalue weighted by Gasteiger charge is -2.37. The van der Waals surface area contributed by atoms with Crippen molar-refractivity contribution in [3.63, 3.8) is 0 Å². The van der Waals surface area contributed by atoms with Crippen molar-refractivity contribution in [1.82, 2.24) is 5.32 Å². The van der Waals surface area contributed by atoms with E-state index in [0.29, 0.717) is 49.0 Å². The Bertz CT molecular complexity index is 1280. The van der Waals surface area contributed by atoms with Crippen LogP contribution in [0.1, 0.15) is 68.1 Å². The second kappa shape index (κ2) is 11.0. The van der Waals surface area contributed by atoms with Crippen LogP contribution in [-0.2, 0) is 22.6 Å². The third kappa shape index (κ3) is 5.10. The number of ketones is 2. The molecular weight excluding hydrogens is 486 g/mol. The minimum Gasteiger partial charge on any atom is -0.490 e. The van der Waals surface area contributed by atoms with Crippen molar-refractivity contribution >= 4 is 23.2 Å². The molecule has 2 aromatic carbocycles. The molecule has 192 valence electrons. The van der Waals surface area contributed by atoms with Gasteiger partial charge in [-0.15, -0.1) is 6.58 Å². The predicted octanol–water partition coefficient (Wildman–Crippen LogP) is 6.75. The van der Waals surface area contributed by atoms with Crippen molar-refractivity contribution in [3.8, 4) is 11.5 Å². The first-order valence-electron chi connectivity index (χ1n) is 13.1. The Morgan fingerprint density at radius 2 is 1.70 bits per heavy atom. The van der Waals surface area contributed by atoms with Crippen molar-refractivity contribution in [2.45, 2.75) is 64.4 Å². The largest absolute Gasteiger partial charge is 0.490 e. The summed E-state index contributed by atoms with van der Waals surface area (Å²) in [5.41, 5.74) is 6.17. The average molecular weight is 518 g/mol. The highest BCUT2D eigenvalue weighted by atomic mass is 35.5. The van der Waals surface area contributed by atoms with Crippen LogP contribution in [0.4, 0.5) is 0 Å². The van der Waals surface area contributed by atoms with Gasteiger partial charge in [0.05, 0.1) is 6.61 Å². The molecule has 6 heteroatoms. The Kier molecular flexibility index (Phi) is 7.52. The van der Waals surface area contributed by atoms with E-state index in [2.05, 4.69) is 18.0 Å². The molecule has 1 N–H and O–H groups in total. The molecule has 0 radical (unpaired) electrons. The van der Waals surface area contributed by atoms with E-state index in [1.807, 2.05) is 43.3 Å². The van der Waals surface area contributed by atoms with Crippen LogP contribution in [0.3, 0.4) is 0 Å². The van der Waals surface area contributed by atoms with Gasteiger partial charge in [0.1, 0.15) is 6.61 Å². The minimum absolute atomic E-state index is 0.119. The average Bonchev–Trinajstić information content (AvgIpc) is 2.88. The van der Waals surface area contributed by atoms with E-state index in [0.717, 1.165) is 64.9 Å². The highest BCUT2D eigenvalue weighted by Gasteiger charge is 2.40. The van der Waals surface area contributed by atoms with Crippen molar-refractivity contribution in [3.05, 3.63) is 93.3 Å². The fourth-order valence-corrected chi connectivity index (χ4v) is 5.90. The summed E-state index contributed by atoms with van der Waals surface area (Å²) in [5, 5.41) is 4.14. The van der Waals surface area contributed by atoms with Crippen LogP contribution in [0.2, 0.25) is 5.02 Å². The maximum Gasteiger partial charge on any atom is 0.165 e. The molecule has 2 aliphatic carbocycles. The summed E-state index contributed by atoms with van der Waals surface area (Å²) in [6.07, 6.45) is 6.70. The number of hydrogen-bond acceptors (Lipinski definition) is 5. The summed E-state index contributed by atoms with van der Waals surface area (Å²) in [6.45, 7) is 6.67. The number of halogens is 1. The first-order valence-corrected chi connectivity index (χ1v) is 13.4. The lowest BCUT2D eigenvalue weighted by molar-refractivity contribution is -0.117. The van der Waals surface area contributed by atoms with Gasteiger partial charge in [-0.25, -0.2) is 0 Å². The number of Topliss-reactive ketones (excluding diaryl/α,β-unsaturated/α-hetero) is 2. The zero-order valence-electron chi connectivity index (χ0n) is 21.2. The van der Waals surface area contributed by atoms with E-state index in [1.165, 1.54) is 0 Å². The summed E-state index contributed by atoms with van der Waals surface area (Å²) in [7, 11) is 0. The van der Waals surface area contributed by atoms with Gasteiger partial charge in [0.15, 0.2) is 23.1 Å². The molecule has 3 aliphatic rings. The van der Waals surface area contributed by atoms with Crippen molar-refractivity contribution < 1.29 is 19.1 Å². The predicted molar refractivity (Wildman–Crippen MR) is 145 cm³/mol. The van der Waals surface area contributed by atoms with Crippen molar-refractivity contribution in [1.29, 1.82) is 0 Å². The second-order valence-electron chi connectivity index (χ2n) is 9.75. The van der Waals surface area contributed by atoms with Crippen LogP contribution >= 0.6 is 11.6 Å². The normalized spacial score (nSPS) is 17.8. The molecule has 5 rings (SSSR count). The molecular formula is C31H32ClNO4. The molecule has 0 aromatic heterocycles. The Morgan fingerprint density at radius 1 is 1.00 bits per heavy atom. The molecule has 5 nitrogen and oxygen atoms in total. The van der Waals surface area contributed by atoms with E-state index in [4.69, 9.17) is 21.1 Å². The standard InChI is InChI=1S/C31H32ClNO4/c1-3-8-20-16-21(17-27(36-4-2)31(20)37-18-19-9-5-10-22(32)15-19)28-29-23(11-6-13-25(29)34)33-24-12-7-14-26(35)30(24)28/h3,5,9-10,15-17,28,33H,1,4,6-8,11-14,18H2,2H3. The van der Waals surface area contributed by atoms with Crippen molar-refractivity contribution in [2.75, 3.05) is 6.61 Å². The summed E-state index contributed by atoms with van der Waals surface area (Å²) >= 11 is 6.17. The van der Waals surface area contributed by atoms with Gasteiger partial charge in [-0.1, -0.05) is 35.9 Å². The van der Waals surface area contributed by atoms with E-state index in [1.54, 1.807) is 0 Å². The van der Waals surface area contributed by atoms with Gasteiger partial charge in [-0.05, 0) is 68.4 Å². The van der Waals surface area contributed by atoms with Crippen LogP contribution in [-0.4, -0.2) is 18.2 Å². The van der Waals surface area contributed by atoms with Gasteiger partial charge in [-0.3, -0.25) is 9.59 Å². The second-order valence-corrected chi connectivity index (χ2v) is 10.2. The molecule has 0 spiro atoms. The Labute approximate surface area is 223 Å². The number of carbonyl (C=O) groups is 2. The van der Waals surface area contributed by atoms with E-state index in [9.17, 15) is 9.59 Å². The Hall–Kier alpha value is -3.31. The molecule has 0 amide bonds. The van der Waals surface area contributed by atoms with E-state index < -0.39 is 5.92 Å². The fraction of sp³-hybridized carbons (Fsp3) is 0.355. The molecule has 1 aliphatic heterocycles. The van der Waals surface area contributed by atoms with Gasteiger partial charge in [0.25, 0.3) is 0 Å². The molecule has 0 unspecified atom stereocenters. The highest BCUT2D eigenvalue weighted by molar-refractivity contribution is 6.30. The number of hydrogen-bond donors (Lipinski definition) is 1. The quantitative estimate of drug-likeness (QED) is 0.392. The summed E-state index contributed by atoms with van der Waals surface area (Å²) in [6, 6.07) is 11.6. The number of allylic oxidation sites excluding steroid dienone is 5. The van der Waals surface area contributed by atoms with Crippen LogP contribution in [0, 0.1) is 0 Å². The zero-order chi connectivity index (χ0) is 25.9. The SMILES string of the molecule is C=CCc1cc(C2C3=C(CCCC3=O)NC3=C2C(=O)CCC3)cc(OCC)c1OCc1cccc(Cl)c1. The molecule has 0 saturated heterocycles. The van der Waals surface area contributed by atoms with Gasteiger partial charge < -0.3 is 14.8 Å². The summed E-state index contributed by atoms with van der Waals surface area (Å²) < 4.78 is 12.4. The van der Waals surface area contributed by atoms with Crippen LogP contribution in [0.5, 0.6) is 11.5 Å². The zero-order valence-corrected chi connectivity index (χ0v) is 22.0. The third-order valence-corrected chi connectivity index (χ3v) is 7.45. The molecule has 0 saturated carbocycles. The van der Waals surface area contributed by atoms with Gasteiger partial charge in [0, 0.05) is 51.9 Å². The van der Waals surface area contributed by atoms with Gasteiger partial charge in [-0.2, -0.15) is 0 Å². The molecule has 37 heavy (non-hydrogen) atoms. The lowest BCUT2D eigenvalue weighted by atomic mass is 9.71. The molecule has 0 atom stereocenters. The molecule has 2 aromatic rings. The highest BCUT2D eigenvalue weighted by Crippen LogP contribution is 2.47.